The third-order valence-electron chi connectivity index (χ3n) is 2.68. The molecule has 0 spiro atoms. The van der Waals surface area contributed by atoms with Gasteiger partial charge >= 0.3 is 12.6 Å². The Balaban J connectivity index is 1.89. The summed E-state index contributed by atoms with van der Waals surface area (Å²) in [5.41, 5.74) is 0.0905. The van der Waals surface area contributed by atoms with E-state index in [4.69, 9.17) is 4.42 Å². The lowest BCUT2D eigenvalue weighted by atomic mass is 10.3. The van der Waals surface area contributed by atoms with Crippen LogP contribution < -0.4 is 15.4 Å². The molecule has 2 rings (SSSR count). The van der Waals surface area contributed by atoms with Crippen LogP contribution in [0.3, 0.4) is 0 Å². The molecule has 0 saturated carbocycles. The van der Waals surface area contributed by atoms with Gasteiger partial charge in [0.1, 0.15) is 17.6 Å². The Labute approximate surface area is 124 Å². The van der Waals surface area contributed by atoms with Crippen LogP contribution in [0.4, 0.5) is 19.3 Å². The highest BCUT2D eigenvalue weighted by Gasteiger charge is 2.14. The number of hydrogen-bond donors (Lipinski definition) is 3. The van der Waals surface area contributed by atoms with E-state index in [1.165, 1.54) is 24.5 Å². The Bertz CT molecular complexity index is 605. The number of carbonyl (C=O) groups is 1. The number of halogens is 2. The highest BCUT2D eigenvalue weighted by Crippen LogP contribution is 2.25. The topological polar surface area (TPSA) is 83.7 Å². The lowest BCUT2D eigenvalue weighted by Crippen LogP contribution is -2.32. The van der Waals surface area contributed by atoms with Crippen molar-refractivity contribution < 1.29 is 27.8 Å². The van der Waals surface area contributed by atoms with E-state index in [9.17, 15) is 18.7 Å². The second-order valence-electron chi connectivity index (χ2n) is 4.24. The fraction of sp³-hybridized carbons (Fsp3) is 0.214. The lowest BCUT2D eigenvalue weighted by Gasteiger charge is -2.13. The van der Waals surface area contributed by atoms with E-state index >= 15 is 0 Å². The minimum Gasteiger partial charge on any atom is -0.467 e. The van der Waals surface area contributed by atoms with E-state index in [0.717, 1.165) is 0 Å². The van der Waals surface area contributed by atoms with Gasteiger partial charge in [-0.3, -0.25) is 0 Å². The van der Waals surface area contributed by atoms with Crippen molar-refractivity contribution >= 4 is 11.7 Å². The third-order valence-corrected chi connectivity index (χ3v) is 2.68. The van der Waals surface area contributed by atoms with Gasteiger partial charge in [-0.05, 0) is 24.3 Å². The van der Waals surface area contributed by atoms with E-state index in [-0.39, 0.29) is 18.0 Å². The maximum Gasteiger partial charge on any atom is 0.387 e. The fourth-order valence-corrected chi connectivity index (χ4v) is 1.71. The zero-order valence-electron chi connectivity index (χ0n) is 11.3. The van der Waals surface area contributed by atoms with Crippen LogP contribution in [0, 0.1) is 0 Å². The summed E-state index contributed by atoms with van der Waals surface area (Å²) >= 11 is 0. The van der Waals surface area contributed by atoms with Crippen LogP contribution in [-0.4, -0.2) is 24.3 Å². The zero-order valence-corrected chi connectivity index (χ0v) is 11.3. The maximum atomic E-state index is 12.3. The number of aliphatic hydroxyl groups excluding tert-OH is 1. The Kier molecular flexibility index (Phi) is 5.31. The number of furan rings is 1. The minimum absolute atomic E-state index is 0.0905. The van der Waals surface area contributed by atoms with Crippen LogP contribution in [0.2, 0.25) is 0 Å². The van der Waals surface area contributed by atoms with Crippen LogP contribution >= 0.6 is 0 Å². The van der Waals surface area contributed by atoms with Crippen molar-refractivity contribution in [1.82, 2.24) is 5.32 Å². The van der Waals surface area contributed by atoms with Gasteiger partial charge in [-0.15, -0.1) is 0 Å². The number of nitrogens with one attached hydrogen (secondary N) is 2. The number of benzene rings is 1. The number of alkyl halides is 2. The summed E-state index contributed by atoms with van der Waals surface area (Å²) in [6.07, 6.45) is 0.393. The molecule has 22 heavy (non-hydrogen) atoms. The van der Waals surface area contributed by atoms with Gasteiger partial charge in [-0.25, -0.2) is 4.79 Å². The number of aliphatic hydroxyl groups is 1. The summed E-state index contributed by atoms with van der Waals surface area (Å²) in [5, 5.41) is 14.5. The number of urea groups is 1. The zero-order chi connectivity index (χ0) is 15.9. The second-order valence-corrected chi connectivity index (χ2v) is 4.24. The summed E-state index contributed by atoms with van der Waals surface area (Å²) in [6, 6.07) is 8.29. The molecule has 0 bridgehead atoms. The van der Waals surface area contributed by atoms with E-state index in [1.54, 1.807) is 18.2 Å². The van der Waals surface area contributed by atoms with Crippen LogP contribution in [0.1, 0.15) is 11.9 Å². The van der Waals surface area contributed by atoms with Gasteiger partial charge in [0, 0.05) is 0 Å². The normalized spacial score (nSPS) is 12.0. The highest BCUT2D eigenvalue weighted by molar-refractivity contribution is 5.90. The monoisotopic (exact) mass is 312 g/mol. The molecule has 0 radical (unpaired) electrons. The molecule has 3 N–H and O–H groups in total. The molecule has 6 nitrogen and oxygen atoms in total. The van der Waals surface area contributed by atoms with Crippen molar-refractivity contribution in [3.05, 3.63) is 48.4 Å². The second kappa shape index (κ2) is 7.41. The number of anilines is 1. The molecule has 1 unspecified atom stereocenters. The fourth-order valence-electron chi connectivity index (χ4n) is 1.71. The van der Waals surface area contributed by atoms with Crippen molar-refractivity contribution in [2.24, 2.45) is 0 Å². The van der Waals surface area contributed by atoms with E-state index in [1.807, 2.05) is 0 Å². The first-order chi connectivity index (χ1) is 10.6. The Morgan fingerprint density at radius 3 is 2.73 bits per heavy atom. The van der Waals surface area contributed by atoms with Gasteiger partial charge in [0.15, 0.2) is 0 Å². The molecule has 118 valence electrons. The van der Waals surface area contributed by atoms with Gasteiger partial charge in [-0.1, -0.05) is 12.1 Å². The van der Waals surface area contributed by atoms with Crippen molar-refractivity contribution in [3.8, 4) is 5.75 Å². The van der Waals surface area contributed by atoms with Crippen molar-refractivity contribution in [3.63, 3.8) is 0 Å². The Morgan fingerprint density at radius 2 is 2.05 bits per heavy atom. The minimum atomic E-state index is -2.99. The molecule has 8 heteroatoms. The summed E-state index contributed by atoms with van der Waals surface area (Å²) in [6.45, 7) is -3.09. The average Bonchev–Trinajstić information content (AvgIpc) is 3.00. The van der Waals surface area contributed by atoms with Crippen molar-refractivity contribution in [1.29, 1.82) is 0 Å². The number of carbonyl (C=O) groups excluding carboxylic acids is 1. The Hall–Kier alpha value is -2.61. The molecule has 1 aromatic heterocycles. The third kappa shape index (κ3) is 4.45. The molecule has 0 fully saturated rings. The standard InChI is InChI=1S/C14H14F2N2O4/c15-13(16)22-11-5-2-1-4-9(11)18-14(20)17-8-10(19)12-6-3-7-21-12/h1-7,10,13,19H,8H2,(H2,17,18,20). The number of hydrogen-bond acceptors (Lipinski definition) is 4. The lowest BCUT2D eigenvalue weighted by molar-refractivity contribution is -0.0493. The van der Waals surface area contributed by atoms with Gasteiger partial charge in [0.05, 0.1) is 18.5 Å². The molecule has 2 aromatic rings. The highest BCUT2D eigenvalue weighted by atomic mass is 19.3. The van der Waals surface area contributed by atoms with E-state index < -0.39 is 18.7 Å². The van der Waals surface area contributed by atoms with Gasteiger partial charge in [0.25, 0.3) is 0 Å². The van der Waals surface area contributed by atoms with E-state index in [2.05, 4.69) is 15.4 Å². The smallest absolute Gasteiger partial charge is 0.387 e. The maximum absolute atomic E-state index is 12.3. The molecular formula is C14H14F2N2O4. The quantitative estimate of drug-likeness (QED) is 0.766. The van der Waals surface area contributed by atoms with Crippen LogP contribution in [0.25, 0.3) is 0 Å². The Morgan fingerprint density at radius 1 is 1.27 bits per heavy atom. The van der Waals surface area contributed by atoms with Gasteiger partial charge < -0.3 is 24.9 Å². The summed E-state index contributed by atoms with van der Waals surface area (Å²) in [7, 11) is 0. The molecule has 1 atom stereocenters. The summed E-state index contributed by atoms with van der Waals surface area (Å²) < 4.78 is 33.8. The van der Waals surface area contributed by atoms with E-state index in [0.29, 0.717) is 5.76 Å². The molecule has 0 aliphatic rings. The van der Waals surface area contributed by atoms with Gasteiger partial charge in [0.2, 0.25) is 0 Å². The summed E-state index contributed by atoms with van der Waals surface area (Å²) in [4.78, 5) is 11.7. The van der Waals surface area contributed by atoms with Crippen LogP contribution in [0.5, 0.6) is 5.75 Å². The van der Waals surface area contributed by atoms with Gasteiger partial charge in [-0.2, -0.15) is 8.78 Å². The number of amides is 2. The number of rotatable bonds is 6. The largest absolute Gasteiger partial charge is 0.467 e. The first-order valence-corrected chi connectivity index (χ1v) is 6.36. The number of para-hydroxylation sites is 2. The molecular weight excluding hydrogens is 298 g/mol. The molecule has 0 aliphatic heterocycles. The number of ether oxygens (including phenoxy) is 1. The average molecular weight is 312 g/mol. The van der Waals surface area contributed by atoms with Crippen molar-refractivity contribution in [2.45, 2.75) is 12.7 Å². The molecule has 2 amide bonds. The predicted octanol–water partition coefficient (Wildman–Crippen LogP) is 2.74. The first kappa shape index (κ1) is 15.8. The molecule has 1 heterocycles. The molecule has 0 aliphatic carbocycles. The van der Waals surface area contributed by atoms with Crippen LogP contribution in [0.15, 0.2) is 47.1 Å². The van der Waals surface area contributed by atoms with Crippen LogP contribution in [-0.2, 0) is 0 Å². The first-order valence-electron chi connectivity index (χ1n) is 6.36. The molecule has 0 saturated heterocycles. The van der Waals surface area contributed by atoms with Crippen molar-refractivity contribution in [2.75, 3.05) is 11.9 Å². The SMILES string of the molecule is O=C(NCC(O)c1ccco1)Nc1ccccc1OC(F)F. The molecule has 1 aromatic carbocycles. The summed E-state index contributed by atoms with van der Waals surface area (Å²) in [5.74, 6) is 0.154. The predicted molar refractivity (Wildman–Crippen MR) is 73.8 cm³/mol.